The molecule has 2 N–H and O–H groups in total. The summed E-state index contributed by atoms with van der Waals surface area (Å²) in [6.07, 6.45) is 3.56. The zero-order valence-corrected chi connectivity index (χ0v) is 11.8. The summed E-state index contributed by atoms with van der Waals surface area (Å²) in [6, 6.07) is 7.61. The van der Waals surface area contributed by atoms with Crippen LogP contribution in [-0.4, -0.2) is 23.7 Å². The molecule has 1 aliphatic carbocycles. The third-order valence-corrected chi connectivity index (χ3v) is 4.11. The molecule has 1 saturated carbocycles. The number of hydrogen-bond acceptors (Lipinski definition) is 2. The summed E-state index contributed by atoms with van der Waals surface area (Å²) >= 11 is 0. The van der Waals surface area contributed by atoms with Crippen LogP contribution in [-0.2, 0) is 0 Å². The molecule has 2 atom stereocenters. The predicted octanol–water partition coefficient (Wildman–Crippen LogP) is 2.67. The van der Waals surface area contributed by atoms with Crippen LogP contribution >= 0.6 is 0 Å². The van der Waals surface area contributed by atoms with Crippen LogP contribution in [0.15, 0.2) is 24.3 Å². The maximum Gasteiger partial charge on any atom is 0.251 e. The van der Waals surface area contributed by atoms with Crippen molar-refractivity contribution >= 4 is 5.91 Å². The summed E-state index contributed by atoms with van der Waals surface area (Å²) in [4.78, 5) is 12.2. The molecule has 19 heavy (non-hydrogen) atoms. The number of aryl methyl sites for hydroxylation is 1. The van der Waals surface area contributed by atoms with Gasteiger partial charge in [-0.3, -0.25) is 4.79 Å². The van der Waals surface area contributed by atoms with Crippen LogP contribution in [0, 0.1) is 12.3 Å². The predicted molar refractivity (Wildman–Crippen MR) is 76.1 cm³/mol. The fourth-order valence-electron chi connectivity index (χ4n) is 2.91. The average molecular weight is 261 g/mol. The van der Waals surface area contributed by atoms with E-state index in [-0.39, 0.29) is 17.4 Å². The van der Waals surface area contributed by atoms with Gasteiger partial charge in [-0.2, -0.15) is 0 Å². The number of carbonyl (C=O) groups is 1. The molecule has 0 radical (unpaired) electrons. The van der Waals surface area contributed by atoms with Crippen LogP contribution in [0.4, 0.5) is 0 Å². The highest BCUT2D eigenvalue weighted by atomic mass is 16.3. The Kier molecular flexibility index (Phi) is 4.25. The highest BCUT2D eigenvalue weighted by Gasteiger charge is 2.31. The topological polar surface area (TPSA) is 49.3 Å². The van der Waals surface area contributed by atoms with Crippen molar-refractivity contribution in [3.8, 4) is 0 Å². The van der Waals surface area contributed by atoms with Crippen LogP contribution in [0.25, 0.3) is 0 Å². The molecular weight excluding hydrogens is 238 g/mol. The first-order valence-corrected chi connectivity index (χ1v) is 7.02. The van der Waals surface area contributed by atoms with Crippen LogP contribution in [0.5, 0.6) is 0 Å². The third kappa shape index (κ3) is 3.57. The SMILES string of the molecule is Cc1ccccc1C(=O)NCC1(C)CCCC(O)C1. The van der Waals surface area contributed by atoms with Gasteiger partial charge in [0.15, 0.2) is 0 Å². The van der Waals surface area contributed by atoms with E-state index in [1.54, 1.807) is 0 Å². The summed E-state index contributed by atoms with van der Waals surface area (Å²) in [6.45, 7) is 4.73. The molecule has 0 aromatic heterocycles. The Hall–Kier alpha value is -1.35. The van der Waals surface area contributed by atoms with Gasteiger partial charge in [-0.1, -0.05) is 31.5 Å². The number of nitrogens with one attached hydrogen (secondary N) is 1. The molecule has 2 rings (SSSR count). The zero-order chi connectivity index (χ0) is 13.9. The van der Waals surface area contributed by atoms with Crippen molar-refractivity contribution in [1.29, 1.82) is 0 Å². The first kappa shape index (κ1) is 14.1. The quantitative estimate of drug-likeness (QED) is 0.879. The number of aliphatic hydroxyl groups is 1. The Morgan fingerprint density at radius 1 is 1.47 bits per heavy atom. The van der Waals surface area contributed by atoms with Gasteiger partial charge in [-0.05, 0) is 43.2 Å². The summed E-state index contributed by atoms with van der Waals surface area (Å²) in [5.74, 6) is -0.0145. The van der Waals surface area contributed by atoms with Crippen molar-refractivity contribution < 1.29 is 9.90 Å². The lowest BCUT2D eigenvalue weighted by molar-refractivity contribution is 0.0540. The normalized spacial score (nSPS) is 27.0. The second-order valence-electron chi connectivity index (χ2n) is 6.06. The van der Waals surface area contributed by atoms with Gasteiger partial charge in [0.25, 0.3) is 5.91 Å². The molecule has 3 heteroatoms. The molecular formula is C16H23NO2. The largest absolute Gasteiger partial charge is 0.393 e. The van der Waals surface area contributed by atoms with E-state index in [1.807, 2.05) is 31.2 Å². The molecule has 0 spiro atoms. The van der Waals surface area contributed by atoms with Gasteiger partial charge in [0, 0.05) is 12.1 Å². The Morgan fingerprint density at radius 2 is 2.21 bits per heavy atom. The van der Waals surface area contributed by atoms with Crippen molar-refractivity contribution in [1.82, 2.24) is 5.32 Å². The van der Waals surface area contributed by atoms with E-state index in [0.717, 1.165) is 36.8 Å². The van der Waals surface area contributed by atoms with Crippen LogP contribution in [0.1, 0.15) is 48.5 Å². The highest BCUT2D eigenvalue weighted by Crippen LogP contribution is 2.35. The Labute approximate surface area is 115 Å². The fourth-order valence-corrected chi connectivity index (χ4v) is 2.91. The average Bonchev–Trinajstić information content (AvgIpc) is 2.36. The van der Waals surface area contributed by atoms with E-state index in [4.69, 9.17) is 0 Å². The molecule has 1 aliphatic rings. The van der Waals surface area contributed by atoms with E-state index in [9.17, 15) is 9.90 Å². The number of carbonyl (C=O) groups excluding carboxylic acids is 1. The monoisotopic (exact) mass is 261 g/mol. The van der Waals surface area contributed by atoms with Crippen molar-refractivity contribution in [2.75, 3.05) is 6.54 Å². The van der Waals surface area contributed by atoms with E-state index >= 15 is 0 Å². The molecule has 0 heterocycles. The summed E-state index contributed by atoms with van der Waals surface area (Å²) in [5.41, 5.74) is 1.76. The first-order chi connectivity index (χ1) is 9.00. The highest BCUT2D eigenvalue weighted by molar-refractivity contribution is 5.95. The van der Waals surface area contributed by atoms with E-state index in [2.05, 4.69) is 12.2 Å². The standard InChI is InChI=1S/C16H23NO2/c1-12-6-3-4-8-14(12)15(19)17-11-16(2)9-5-7-13(18)10-16/h3-4,6,8,13,18H,5,7,9-11H2,1-2H3,(H,17,19). The second kappa shape index (κ2) is 5.74. The molecule has 3 nitrogen and oxygen atoms in total. The first-order valence-electron chi connectivity index (χ1n) is 7.02. The van der Waals surface area contributed by atoms with E-state index < -0.39 is 0 Å². The smallest absolute Gasteiger partial charge is 0.251 e. The minimum absolute atomic E-state index is 0.0145. The van der Waals surface area contributed by atoms with E-state index in [1.165, 1.54) is 0 Å². The molecule has 2 unspecified atom stereocenters. The summed E-state index contributed by atoms with van der Waals surface area (Å²) < 4.78 is 0. The minimum atomic E-state index is -0.214. The van der Waals surface area contributed by atoms with Crippen molar-refractivity contribution in [2.24, 2.45) is 5.41 Å². The minimum Gasteiger partial charge on any atom is -0.393 e. The Morgan fingerprint density at radius 3 is 2.89 bits per heavy atom. The van der Waals surface area contributed by atoms with Gasteiger partial charge in [-0.25, -0.2) is 0 Å². The molecule has 1 amide bonds. The molecule has 1 aromatic carbocycles. The molecule has 104 valence electrons. The van der Waals surface area contributed by atoms with Crippen LogP contribution in [0.2, 0.25) is 0 Å². The molecule has 0 bridgehead atoms. The lowest BCUT2D eigenvalue weighted by Crippen LogP contribution is -2.40. The Bertz CT molecular complexity index is 458. The number of benzene rings is 1. The number of amides is 1. The number of aliphatic hydroxyl groups excluding tert-OH is 1. The zero-order valence-electron chi connectivity index (χ0n) is 11.8. The second-order valence-corrected chi connectivity index (χ2v) is 6.06. The van der Waals surface area contributed by atoms with Gasteiger partial charge in [0.05, 0.1) is 6.10 Å². The van der Waals surface area contributed by atoms with Gasteiger partial charge in [0.2, 0.25) is 0 Å². The van der Waals surface area contributed by atoms with Gasteiger partial charge < -0.3 is 10.4 Å². The van der Waals surface area contributed by atoms with Crippen LogP contribution in [0.3, 0.4) is 0 Å². The Balaban J connectivity index is 1.95. The lowest BCUT2D eigenvalue weighted by atomic mass is 9.74. The van der Waals surface area contributed by atoms with Crippen molar-refractivity contribution in [3.63, 3.8) is 0 Å². The van der Waals surface area contributed by atoms with Gasteiger partial charge in [0.1, 0.15) is 0 Å². The van der Waals surface area contributed by atoms with Gasteiger partial charge in [-0.15, -0.1) is 0 Å². The lowest BCUT2D eigenvalue weighted by Gasteiger charge is -2.36. The fraction of sp³-hybridized carbons (Fsp3) is 0.562. The molecule has 0 saturated heterocycles. The maximum atomic E-state index is 12.2. The maximum absolute atomic E-state index is 12.2. The van der Waals surface area contributed by atoms with E-state index in [0.29, 0.717) is 6.54 Å². The third-order valence-electron chi connectivity index (χ3n) is 4.11. The van der Waals surface area contributed by atoms with Crippen molar-refractivity contribution in [2.45, 2.75) is 45.6 Å². The van der Waals surface area contributed by atoms with Crippen molar-refractivity contribution in [3.05, 3.63) is 35.4 Å². The van der Waals surface area contributed by atoms with Crippen LogP contribution < -0.4 is 5.32 Å². The number of rotatable bonds is 3. The summed E-state index contributed by atoms with van der Waals surface area (Å²) in [7, 11) is 0. The molecule has 0 aliphatic heterocycles. The molecule has 1 aromatic rings. The molecule has 1 fully saturated rings. The summed E-state index contributed by atoms with van der Waals surface area (Å²) in [5, 5.41) is 12.8. The van der Waals surface area contributed by atoms with Gasteiger partial charge >= 0.3 is 0 Å². The number of hydrogen-bond donors (Lipinski definition) is 2.